The van der Waals surface area contributed by atoms with Gasteiger partial charge in [0, 0.05) is 25.7 Å². The van der Waals surface area contributed by atoms with E-state index >= 15 is 0 Å². The van der Waals surface area contributed by atoms with Crippen molar-refractivity contribution in [2.75, 3.05) is 26.3 Å². The smallest absolute Gasteiger partial charge is 0.239 e. The van der Waals surface area contributed by atoms with E-state index in [4.69, 9.17) is 4.74 Å². The van der Waals surface area contributed by atoms with Crippen molar-refractivity contribution in [2.45, 2.75) is 58.0 Å². The van der Waals surface area contributed by atoms with Crippen LogP contribution in [0.4, 0.5) is 0 Å². The van der Waals surface area contributed by atoms with Gasteiger partial charge in [0.05, 0.1) is 12.6 Å². The van der Waals surface area contributed by atoms with Crippen molar-refractivity contribution in [1.29, 1.82) is 0 Å². The molecule has 2 fully saturated rings. The fourth-order valence-electron chi connectivity index (χ4n) is 3.47. The van der Waals surface area contributed by atoms with Gasteiger partial charge in [-0.2, -0.15) is 0 Å². The van der Waals surface area contributed by atoms with Crippen molar-refractivity contribution < 1.29 is 9.53 Å². The summed E-state index contributed by atoms with van der Waals surface area (Å²) >= 11 is 0. The van der Waals surface area contributed by atoms with Crippen molar-refractivity contribution in [2.24, 2.45) is 5.92 Å². The topological polar surface area (TPSA) is 41.6 Å². The van der Waals surface area contributed by atoms with Gasteiger partial charge in [-0.15, -0.1) is 0 Å². The predicted molar refractivity (Wildman–Crippen MR) is 76.0 cm³/mol. The Kier molecular flexibility index (Phi) is 5.64. The van der Waals surface area contributed by atoms with Gasteiger partial charge < -0.3 is 15.0 Å². The van der Waals surface area contributed by atoms with Crippen LogP contribution in [0.2, 0.25) is 0 Å². The lowest BCUT2D eigenvalue weighted by Crippen LogP contribution is -2.46. The highest BCUT2D eigenvalue weighted by Gasteiger charge is 2.39. The number of hydrogen-bond donors (Lipinski definition) is 1. The molecule has 2 rings (SSSR count). The van der Waals surface area contributed by atoms with Gasteiger partial charge in [0.1, 0.15) is 0 Å². The summed E-state index contributed by atoms with van der Waals surface area (Å²) in [5.74, 6) is 1.00. The number of carbonyl (C=O) groups is 1. The van der Waals surface area contributed by atoms with Crippen molar-refractivity contribution in [3.05, 3.63) is 0 Å². The summed E-state index contributed by atoms with van der Waals surface area (Å²) in [6.07, 6.45) is 6.24. The van der Waals surface area contributed by atoms with Gasteiger partial charge in [0.2, 0.25) is 5.91 Å². The molecule has 0 bridgehead atoms. The summed E-state index contributed by atoms with van der Waals surface area (Å²) < 4.78 is 5.36. The summed E-state index contributed by atoms with van der Waals surface area (Å²) in [7, 11) is 0. The maximum atomic E-state index is 12.5. The molecule has 1 N–H and O–H groups in total. The SMILES string of the molecule is CCOCCN(CC)C(=O)C1CC2CCCCC2N1. The third kappa shape index (κ3) is 3.69. The zero-order chi connectivity index (χ0) is 13.7. The second-order valence-corrected chi connectivity index (χ2v) is 5.72. The molecule has 1 saturated carbocycles. The van der Waals surface area contributed by atoms with Crippen LogP contribution in [0, 0.1) is 5.92 Å². The molecular weight excluding hydrogens is 240 g/mol. The fraction of sp³-hybridized carbons (Fsp3) is 0.933. The van der Waals surface area contributed by atoms with Crippen molar-refractivity contribution in [3.63, 3.8) is 0 Å². The molecule has 0 radical (unpaired) electrons. The second-order valence-electron chi connectivity index (χ2n) is 5.72. The van der Waals surface area contributed by atoms with Crippen LogP contribution in [0.1, 0.15) is 46.0 Å². The van der Waals surface area contributed by atoms with E-state index in [1.165, 1.54) is 25.7 Å². The third-order valence-corrected chi connectivity index (χ3v) is 4.56. The first kappa shape index (κ1) is 14.8. The number of carbonyl (C=O) groups excluding carboxylic acids is 1. The first-order chi connectivity index (χ1) is 9.26. The molecule has 0 aromatic carbocycles. The normalized spacial score (nSPS) is 30.1. The molecule has 110 valence electrons. The van der Waals surface area contributed by atoms with Crippen LogP contribution in [-0.2, 0) is 9.53 Å². The molecule has 1 heterocycles. The lowest BCUT2D eigenvalue weighted by molar-refractivity contribution is -0.133. The minimum absolute atomic E-state index is 0.0506. The van der Waals surface area contributed by atoms with E-state index in [9.17, 15) is 4.79 Å². The van der Waals surface area contributed by atoms with Gasteiger partial charge in [0.15, 0.2) is 0 Å². The minimum Gasteiger partial charge on any atom is -0.380 e. The lowest BCUT2D eigenvalue weighted by Gasteiger charge is -2.25. The highest BCUT2D eigenvalue weighted by Crippen LogP contribution is 2.33. The number of nitrogens with one attached hydrogen (secondary N) is 1. The van der Waals surface area contributed by atoms with Crippen LogP contribution in [0.15, 0.2) is 0 Å². The Balaban J connectivity index is 1.84. The summed E-state index contributed by atoms with van der Waals surface area (Å²) in [5, 5.41) is 3.57. The fourth-order valence-corrected chi connectivity index (χ4v) is 3.47. The number of likely N-dealkylation sites (N-methyl/N-ethyl adjacent to an activating group) is 1. The van der Waals surface area contributed by atoms with E-state index in [1.807, 2.05) is 18.7 Å². The van der Waals surface area contributed by atoms with E-state index in [0.717, 1.165) is 32.0 Å². The average Bonchev–Trinajstić information content (AvgIpc) is 2.87. The molecule has 19 heavy (non-hydrogen) atoms. The molecule has 4 heteroatoms. The zero-order valence-corrected chi connectivity index (χ0v) is 12.4. The van der Waals surface area contributed by atoms with Gasteiger partial charge in [-0.1, -0.05) is 12.8 Å². The molecule has 2 aliphatic rings. The Morgan fingerprint density at radius 1 is 1.32 bits per heavy atom. The van der Waals surface area contributed by atoms with Crippen LogP contribution < -0.4 is 5.32 Å². The van der Waals surface area contributed by atoms with Crippen LogP contribution in [0.3, 0.4) is 0 Å². The zero-order valence-electron chi connectivity index (χ0n) is 12.4. The number of hydrogen-bond acceptors (Lipinski definition) is 3. The van der Waals surface area contributed by atoms with Crippen LogP contribution >= 0.6 is 0 Å². The molecule has 1 saturated heterocycles. The van der Waals surface area contributed by atoms with Crippen molar-refractivity contribution in [1.82, 2.24) is 10.2 Å². The molecule has 3 unspecified atom stereocenters. The van der Waals surface area contributed by atoms with Crippen molar-refractivity contribution >= 4 is 5.91 Å². The van der Waals surface area contributed by atoms with E-state index in [1.54, 1.807) is 0 Å². The Labute approximate surface area is 116 Å². The van der Waals surface area contributed by atoms with E-state index in [0.29, 0.717) is 12.6 Å². The molecule has 0 aromatic heterocycles. The Hall–Kier alpha value is -0.610. The molecule has 1 aliphatic carbocycles. The van der Waals surface area contributed by atoms with Gasteiger partial charge in [-0.05, 0) is 39.0 Å². The van der Waals surface area contributed by atoms with Crippen LogP contribution in [0.5, 0.6) is 0 Å². The average molecular weight is 268 g/mol. The summed E-state index contributed by atoms with van der Waals surface area (Å²) in [4.78, 5) is 14.5. The van der Waals surface area contributed by atoms with E-state index in [-0.39, 0.29) is 11.9 Å². The van der Waals surface area contributed by atoms with Gasteiger partial charge in [0.25, 0.3) is 0 Å². The maximum absolute atomic E-state index is 12.5. The van der Waals surface area contributed by atoms with Gasteiger partial charge in [-0.3, -0.25) is 4.79 Å². The Bertz CT molecular complexity index is 282. The molecule has 0 aromatic rings. The first-order valence-electron chi connectivity index (χ1n) is 7.88. The lowest BCUT2D eigenvalue weighted by atomic mass is 9.85. The Morgan fingerprint density at radius 3 is 2.79 bits per heavy atom. The summed E-state index contributed by atoms with van der Waals surface area (Å²) in [6, 6.07) is 0.642. The van der Waals surface area contributed by atoms with E-state index < -0.39 is 0 Å². The highest BCUT2D eigenvalue weighted by atomic mass is 16.5. The molecular formula is C15H28N2O2. The second kappa shape index (κ2) is 7.25. The number of rotatable bonds is 6. The summed E-state index contributed by atoms with van der Waals surface area (Å²) in [5.41, 5.74) is 0. The standard InChI is InChI=1S/C15H28N2O2/c1-3-17(9-10-19-4-2)15(18)14-11-12-7-5-6-8-13(12)16-14/h12-14,16H,3-11H2,1-2H3. The number of amides is 1. The van der Waals surface area contributed by atoms with Crippen LogP contribution in [0.25, 0.3) is 0 Å². The highest BCUT2D eigenvalue weighted by molar-refractivity contribution is 5.82. The predicted octanol–water partition coefficient (Wildman–Crippen LogP) is 1.79. The minimum atomic E-state index is 0.0506. The van der Waals surface area contributed by atoms with Gasteiger partial charge in [-0.25, -0.2) is 0 Å². The van der Waals surface area contributed by atoms with Gasteiger partial charge >= 0.3 is 0 Å². The number of ether oxygens (including phenoxy) is 1. The number of fused-ring (bicyclic) bond motifs is 1. The molecule has 0 spiro atoms. The van der Waals surface area contributed by atoms with Crippen molar-refractivity contribution in [3.8, 4) is 0 Å². The quantitative estimate of drug-likeness (QED) is 0.747. The molecule has 4 nitrogen and oxygen atoms in total. The van der Waals surface area contributed by atoms with Crippen LogP contribution in [-0.4, -0.2) is 49.2 Å². The Morgan fingerprint density at radius 2 is 2.11 bits per heavy atom. The first-order valence-corrected chi connectivity index (χ1v) is 7.88. The largest absolute Gasteiger partial charge is 0.380 e. The monoisotopic (exact) mass is 268 g/mol. The molecule has 1 amide bonds. The number of nitrogens with zero attached hydrogens (tertiary/aromatic N) is 1. The summed E-state index contributed by atoms with van der Waals surface area (Å²) in [6.45, 7) is 6.90. The third-order valence-electron chi connectivity index (χ3n) is 4.56. The molecule has 1 aliphatic heterocycles. The molecule has 3 atom stereocenters. The maximum Gasteiger partial charge on any atom is 0.239 e. The van der Waals surface area contributed by atoms with E-state index in [2.05, 4.69) is 5.32 Å².